The lowest BCUT2D eigenvalue weighted by Crippen LogP contribution is -2.44. The summed E-state index contributed by atoms with van der Waals surface area (Å²) in [7, 11) is 0. The number of carbonyl (C=O) groups excluding carboxylic acids is 3. The van der Waals surface area contributed by atoms with Gasteiger partial charge in [-0.3, -0.25) is 24.7 Å². The summed E-state index contributed by atoms with van der Waals surface area (Å²) in [4.78, 5) is 50.9. The third-order valence-corrected chi connectivity index (χ3v) is 7.27. The second-order valence-corrected chi connectivity index (χ2v) is 10.5. The van der Waals surface area contributed by atoms with Crippen molar-refractivity contribution in [2.75, 3.05) is 5.32 Å². The van der Waals surface area contributed by atoms with Crippen LogP contribution < -0.4 is 5.32 Å². The van der Waals surface area contributed by atoms with E-state index in [2.05, 4.69) is 15.3 Å². The highest BCUT2D eigenvalue weighted by Crippen LogP contribution is 2.27. The van der Waals surface area contributed by atoms with Gasteiger partial charge in [-0.25, -0.2) is 4.98 Å². The Kier molecular flexibility index (Phi) is 7.12. The lowest BCUT2D eigenvalue weighted by molar-refractivity contribution is -0.122. The highest BCUT2D eigenvalue weighted by Gasteiger charge is 2.35. The molecule has 1 N–H and O–H groups in total. The minimum atomic E-state index is -0.690. The zero-order chi connectivity index (χ0) is 25.9. The molecule has 3 heterocycles. The first-order chi connectivity index (χ1) is 17.9. The van der Waals surface area contributed by atoms with E-state index in [1.807, 2.05) is 25.1 Å². The summed E-state index contributed by atoms with van der Waals surface area (Å²) in [5, 5.41) is 3.81. The lowest BCUT2D eigenvalue weighted by atomic mass is 9.99. The van der Waals surface area contributed by atoms with Gasteiger partial charge in [-0.05, 0) is 60.5 Å². The van der Waals surface area contributed by atoms with E-state index in [-0.39, 0.29) is 30.6 Å². The van der Waals surface area contributed by atoms with Gasteiger partial charge in [0, 0.05) is 58.5 Å². The van der Waals surface area contributed by atoms with Crippen molar-refractivity contribution in [3.05, 3.63) is 111 Å². The number of nitrogens with one attached hydrogen (secondary N) is 1. The molecule has 0 saturated carbocycles. The van der Waals surface area contributed by atoms with Gasteiger partial charge in [0.1, 0.15) is 0 Å². The first kappa shape index (κ1) is 24.8. The van der Waals surface area contributed by atoms with E-state index in [1.54, 1.807) is 59.8 Å². The molecule has 7 nitrogen and oxygen atoms in total. The fourth-order valence-corrected chi connectivity index (χ4v) is 5.21. The Labute approximate surface area is 223 Å². The lowest BCUT2D eigenvalue weighted by Gasteiger charge is -2.29. The van der Waals surface area contributed by atoms with Gasteiger partial charge < -0.3 is 4.90 Å². The van der Waals surface area contributed by atoms with Crippen LogP contribution in [0.5, 0.6) is 0 Å². The number of amides is 2. The summed E-state index contributed by atoms with van der Waals surface area (Å²) < 4.78 is 0. The van der Waals surface area contributed by atoms with Crippen LogP contribution in [-0.2, 0) is 24.2 Å². The summed E-state index contributed by atoms with van der Waals surface area (Å²) in [5.41, 5.74) is 3.09. The number of rotatable bonds is 6. The molecule has 0 radical (unpaired) electrons. The molecule has 186 valence electrons. The minimum absolute atomic E-state index is 0.0743. The molecular formula is C28H23ClN4O3S. The Morgan fingerprint density at radius 1 is 1.11 bits per heavy atom. The Hall–Kier alpha value is -3.88. The molecule has 1 aliphatic rings. The number of anilines is 1. The number of nitrogens with zero attached hydrogens (tertiary/aromatic N) is 3. The topological polar surface area (TPSA) is 92.3 Å². The van der Waals surface area contributed by atoms with Crippen molar-refractivity contribution in [2.24, 2.45) is 0 Å². The summed E-state index contributed by atoms with van der Waals surface area (Å²) in [6.07, 6.45) is 3.80. The molecule has 0 saturated heterocycles. The fraction of sp³-hybridized carbons (Fsp3) is 0.179. The monoisotopic (exact) mass is 530 g/mol. The van der Waals surface area contributed by atoms with Crippen LogP contribution in [-0.4, -0.2) is 38.5 Å². The Morgan fingerprint density at radius 3 is 2.62 bits per heavy atom. The molecule has 0 fully saturated rings. The van der Waals surface area contributed by atoms with Crippen LogP contribution in [0.15, 0.2) is 73.1 Å². The van der Waals surface area contributed by atoms with Crippen molar-refractivity contribution in [1.82, 2.24) is 14.9 Å². The van der Waals surface area contributed by atoms with Gasteiger partial charge >= 0.3 is 0 Å². The van der Waals surface area contributed by atoms with Gasteiger partial charge in [-0.2, -0.15) is 0 Å². The number of fused-ring (bicyclic) bond motifs is 1. The highest BCUT2D eigenvalue weighted by molar-refractivity contribution is 7.15. The van der Waals surface area contributed by atoms with Crippen LogP contribution in [0.2, 0.25) is 5.02 Å². The van der Waals surface area contributed by atoms with Crippen LogP contribution in [0.1, 0.15) is 42.4 Å². The van der Waals surface area contributed by atoms with Crippen LogP contribution in [0.3, 0.4) is 0 Å². The van der Waals surface area contributed by atoms with E-state index in [9.17, 15) is 14.4 Å². The van der Waals surface area contributed by atoms with Crippen LogP contribution in [0, 0.1) is 6.92 Å². The molecule has 4 aromatic rings. The summed E-state index contributed by atoms with van der Waals surface area (Å²) >= 11 is 7.57. The second kappa shape index (κ2) is 10.6. The molecule has 9 heteroatoms. The number of benzene rings is 2. The van der Waals surface area contributed by atoms with E-state index >= 15 is 0 Å². The molecule has 0 bridgehead atoms. The van der Waals surface area contributed by atoms with Crippen molar-refractivity contribution >= 4 is 45.7 Å². The normalized spacial score (nSPS) is 15.3. The van der Waals surface area contributed by atoms with Gasteiger partial charge in [0.25, 0.3) is 11.8 Å². The van der Waals surface area contributed by atoms with Crippen LogP contribution >= 0.6 is 22.9 Å². The third-order valence-electron chi connectivity index (χ3n) is 6.21. The Balaban J connectivity index is 1.42. The number of pyridine rings is 1. The number of ketones is 1. The number of aryl methyl sites for hydroxylation is 1. The molecule has 5 rings (SSSR count). The average molecular weight is 531 g/mol. The van der Waals surface area contributed by atoms with E-state index in [0.29, 0.717) is 33.3 Å². The van der Waals surface area contributed by atoms with Crippen molar-refractivity contribution in [3.63, 3.8) is 0 Å². The van der Waals surface area contributed by atoms with Crippen LogP contribution in [0.25, 0.3) is 0 Å². The van der Waals surface area contributed by atoms with E-state index in [0.717, 1.165) is 16.1 Å². The van der Waals surface area contributed by atoms with E-state index in [1.165, 1.54) is 11.3 Å². The number of hydrogen-bond acceptors (Lipinski definition) is 6. The zero-order valence-electron chi connectivity index (χ0n) is 20.0. The molecule has 1 aliphatic heterocycles. The predicted molar refractivity (Wildman–Crippen MR) is 143 cm³/mol. The standard InChI is InChI=1S/C28H23ClN4O3S/c1-17-15-31-28(37-17)32-26(35)19-7-5-18(6-8-19)16-33-24(14-22-4-2-3-11-30-22)25(34)13-20-12-21(29)9-10-23(20)27(33)36/h2-12,15,24H,13-14,16H2,1H3,(H,31,32,35)/t24-/m1/s1. The number of halogens is 1. The van der Waals surface area contributed by atoms with Gasteiger partial charge in [-0.15, -0.1) is 11.3 Å². The molecule has 2 aromatic carbocycles. The summed E-state index contributed by atoms with van der Waals surface area (Å²) in [6, 6.07) is 16.9. The molecule has 1 atom stereocenters. The van der Waals surface area contributed by atoms with Gasteiger partial charge in [0.2, 0.25) is 0 Å². The Bertz CT molecular complexity index is 1470. The number of carbonyl (C=O) groups is 3. The van der Waals surface area contributed by atoms with Gasteiger partial charge in [0.15, 0.2) is 10.9 Å². The number of aromatic nitrogens is 2. The maximum atomic E-state index is 13.7. The first-order valence-corrected chi connectivity index (χ1v) is 12.9. The maximum absolute atomic E-state index is 13.7. The molecular weight excluding hydrogens is 508 g/mol. The van der Waals surface area contributed by atoms with Crippen molar-refractivity contribution in [1.29, 1.82) is 0 Å². The Morgan fingerprint density at radius 2 is 1.92 bits per heavy atom. The molecule has 2 aromatic heterocycles. The van der Waals surface area contributed by atoms with E-state index in [4.69, 9.17) is 11.6 Å². The fourth-order valence-electron chi connectivity index (χ4n) is 4.36. The number of hydrogen-bond donors (Lipinski definition) is 1. The summed E-state index contributed by atoms with van der Waals surface area (Å²) in [6.45, 7) is 2.13. The molecule has 0 spiro atoms. The maximum Gasteiger partial charge on any atom is 0.257 e. The summed E-state index contributed by atoms with van der Waals surface area (Å²) in [5.74, 6) is -0.574. The van der Waals surface area contributed by atoms with Crippen molar-refractivity contribution < 1.29 is 14.4 Å². The largest absolute Gasteiger partial charge is 0.324 e. The minimum Gasteiger partial charge on any atom is -0.324 e. The molecule has 37 heavy (non-hydrogen) atoms. The van der Waals surface area contributed by atoms with Crippen LogP contribution in [0.4, 0.5) is 5.13 Å². The van der Waals surface area contributed by atoms with Gasteiger partial charge in [-0.1, -0.05) is 29.8 Å². The average Bonchev–Trinajstić information content (AvgIpc) is 3.27. The highest BCUT2D eigenvalue weighted by atomic mass is 35.5. The smallest absolute Gasteiger partial charge is 0.257 e. The molecule has 0 unspecified atom stereocenters. The quantitative estimate of drug-likeness (QED) is 0.373. The number of thiazole rings is 1. The molecule has 2 amide bonds. The number of Topliss-reactive ketones (excluding diaryl/α,β-unsaturated/α-hetero) is 1. The van der Waals surface area contributed by atoms with Gasteiger partial charge in [0.05, 0.1) is 6.04 Å². The van der Waals surface area contributed by atoms with Crippen molar-refractivity contribution in [3.8, 4) is 0 Å². The van der Waals surface area contributed by atoms with Crippen molar-refractivity contribution in [2.45, 2.75) is 32.4 Å². The SMILES string of the molecule is Cc1cnc(NC(=O)c2ccc(CN3C(=O)c4ccc(Cl)cc4CC(=O)[C@H]3Cc3ccccn3)cc2)s1. The second-order valence-electron chi connectivity index (χ2n) is 8.85. The zero-order valence-corrected chi connectivity index (χ0v) is 21.6. The predicted octanol–water partition coefficient (Wildman–Crippen LogP) is 5.13. The first-order valence-electron chi connectivity index (χ1n) is 11.7. The third kappa shape index (κ3) is 5.60. The molecule has 0 aliphatic carbocycles. The van der Waals surface area contributed by atoms with E-state index < -0.39 is 6.04 Å².